The van der Waals surface area contributed by atoms with Crippen LogP contribution in [0, 0.1) is 5.82 Å². The van der Waals surface area contributed by atoms with E-state index in [-0.39, 0.29) is 11.9 Å². The quantitative estimate of drug-likeness (QED) is 0.780. The summed E-state index contributed by atoms with van der Waals surface area (Å²) in [6.45, 7) is 1.80. The van der Waals surface area contributed by atoms with Gasteiger partial charge >= 0.3 is 6.18 Å². The second-order valence-corrected chi connectivity index (χ2v) is 4.50. The summed E-state index contributed by atoms with van der Waals surface area (Å²) in [6, 6.07) is 10.6. The first-order chi connectivity index (χ1) is 9.36. The van der Waals surface area contributed by atoms with E-state index in [2.05, 4.69) is 5.32 Å². The summed E-state index contributed by atoms with van der Waals surface area (Å²) < 4.78 is 50.6. The molecular weight excluding hydrogens is 270 g/mol. The molecule has 0 spiro atoms. The molecule has 0 saturated heterocycles. The zero-order chi connectivity index (χ0) is 14.8. The number of anilines is 1. The lowest BCUT2D eigenvalue weighted by Gasteiger charge is -2.17. The highest BCUT2D eigenvalue weighted by molar-refractivity contribution is 5.48. The van der Waals surface area contributed by atoms with Crippen molar-refractivity contribution in [1.29, 1.82) is 0 Å². The van der Waals surface area contributed by atoms with Gasteiger partial charge in [-0.2, -0.15) is 13.2 Å². The fourth-order valence-electron chi connectivity index (χ4n) is 1.87. The summed E-state index contributed by atoms with van der Waals surface area (Å²) in [4.78, 5) is 0. The maximum atomic E-state index is 12.8. The van der Waals surface area contributed by atoms with E-state index >= 15 is 0 Å². The van der Waals surface area contributed by atoms with Crippen LogP contribution in [0.2, 0.25) is 0 Å². The molecule has 2 rings (SSSR count). The van der Waals surface area contributed by atoms with Crippen LogP contribution in [0.15, 0.2) is 48.5 Å². The topological polar surface area (TPSA) is 12.0 Å². The molecule has 0 aliphatic heterocycles. The highest BCUT2D eigenvalue weighted by Crippen LogP contribution is 2.31. The summed E-state index contributed by atoms with van der Waals surface area (Å²) >= 11 is 0. The van der Waals surface area contributed by atoms with Gasteiger partial charge < -0.3 is 5.32 Å². The minimum absolute atomic E-state index is 0.223. The number of hydrogen-bond acceptors (Lipinski definition) is 1. The van der Waals surface area contributed by atoms with Crippen LogP contribution in [-0.2, 0) is 6.18 Å². The van der Waals surface area contributed by atoms with Crippen LogP contribution in [0.4, 0.5) is 23.2 Å². The van der Waals surface area contributed by atoms with Gasteiger partial charge in [0.2, 0.25) is 0 Å². The van der Waals surface area contributed by atoms with Gasteiger partial charge in [0.15, 0.2) is 0 Å². The molecule has 0 heterocycles. The molecular formula is C15H13F4N. The first kappa shape index (κ1) is 14.4. The standard InChI is InChI=1S/C15H13F4N/c1-10(11-5-7-13(16)8-6-11)20-14-4-2-3-12(9-14)15(17,18)19/h2-10,20H,1H3. The van der Waals surface area contributed by atoms with Crippen molar-refractivity contribution in [2.24, 2.45) is 0 Å². The molecule has 106 valence electrons. The van der Waals surface area contributed by atoms with Gasteiger partial charge in [-0.1, -0.05) is 18.2 Å². The molecule has 5 heteroatoms. The normalized spacial score (nSPS) is 13.1. The van der Waals surface area contributed by atoms with Gasteiger partial charge in [0.05, 0.1) is 5.56 Å². The third-order valence-corrected chi connectivity index (χ3v) is 2.94. The molecule has 1 atom stereocenters. The molecule has 0 amide bonds. The van der Waals surface area contributed by atoms with Crippen LogP contribution in [0.5, 0.6) is 0 Å². The fraction of sp³-hybridized carbons (Fsp3) is 0.200. The molecule has 2 aromatic rings. The molecule has 2 aromatic carbocycles. The van der Waals surface area contributed by atoms with E-state index in [1.54, 1.807) is 25.1 Å². The van der Waals surface area contributed by atoms with Crippen LogP contribution in [-0.4, -0.2) is 0 Å². The number of hydrogen-bond donors (Lipinski definition) is 1. The van der Waals surface area contributed by atoms with Crippen molar-refractivity contribution in [2.45, 2.75) is 19.1 Å². The van der Waals surface area contributed by atoms with Crippen molar-refractivity contribution in [2.75, 3.05) is 5.32 Å². The third kappa shape index (κ3) is 3.50. The fourth-order valence-corrected chi connectivity index (χ4v) is 1.87. The molecule has 0 fully saturated rings. The number of benzene rings is 2. The summed E-state index contributed by atoms with van der Waals surface area (Å²) in [5.74, 6) is -0.347. The van der Waals surface area contributed by atoms with Gasteiger partial charge in [0.1, 0.15) is 5.82 Å². The van der Waals surface area contributed by atoms with E-state index in [0.29, 0.717) is 5.69 Å². The first-order valence-electron chi connectivity index (χ1n) is 6.05. The summed E-state index contributed by atoms with van der Waals surface area (Å²) in [5, 5.41) is 2.97. The van der Waals surface area contributed by atoms with Crippen molar-refractivity contribution >= 4 is 5.69 Å². The molecule has 0 aromatic heterocycles. The molecule has 0 radical (unpaired) electrons. The van der Waals surface area contributed by atoms with Gasteiger partial charge in [-0.05, 0) is 42.8 Å². The molecule has 0 bridgehead atoms. The van der Waals surface area contributed by atoms with E-state index in [1.807, 2.05) is 0 Å². The zero-order valence-corrected chi connectivity index (χ0v) is 10.7. The lowest BCUT2D eigenvalue weighted by Crippen LogP contribution is -2.09. The smallest absolute Gasteiger partial charge is 0.379 e. The number of halogens is 4. The Balaban J connectivity index is 2.15. The lowest BCUT2D eigenvalue weighted by molar-refractivity contribution is -0.137. The van der Waals surface area contributed by atoms with Gasteiger partial charge in [-0.15, -0.1) is 0 Å². The highest BCUT2D eigenvalue weighted by atomic mass is 19.4. The predicted molar refractivity (Wildman–Crippen MR) is 69.9 cm³/mol. The lowest BCUT2D eigenvalue weighted by atomic mass is 10.1. The molecule has 0 aliphatic carbocycles. The Morgan fingerprint density at radius 1 is 1.00 bits per heavy atom. The van der Waals surface area contributed by atoms with E-state index in [4.69, 9.17) is 0 Å². The molecule has 1 unspecified atom stereocenters. The third-order valence-electron chi connectivity index (χ3n) is 2.94. The largest absolute Gasteiger partial charge is 0.416 e. The second kappa shape index (κ2) is 5.53. The average molecular weight is 283 g/mol. The minimum Gasteiger partial charge on any atom is -0.379 e. The molecule has 20 heavy (non-hydrogen) atoms. The predicted octanol–water partition coefficient (Wildman–Crippen LogP) is 5.02. The molecule has 0 aliphatic rings. The van der Waals surface area contributed by atoms with E-state index in [9.17, 15) is 17.6 Å². The molecule has 1 nitrogen and oxygen atoms in total. The van der Waals surface area contributed by atoms with Crippen molar-refractivity contribution in [1.82, 2.24) is 0 Å². The highest BCUT2D eigenvalue weighted by Gasteiger charge is 2.30. The van der Waals surface area contributed by atoms with Crippen molar-refractivity contribution in [3.63, 3.8) is 0 Å². The van der Waals surface area contributed by atoms with Gasteiger partial charge in [-0.3, -0.25) is 0 Å². The van der Waals surface area contributed by atoms with Crippen LogP contribution < -0.4 is 5.32 Å². The Hall–Kier alpha value is -2.04. The van der Waals surface area contributed by atoms with Crippen LogP contribution >= 0.6 is 0 Å². The Kier molecular flexibility index (Phi) is 3.97. The van der Waals surface area contributed by atoms with E-state index in [0.717, 1.165) is 17.7 Å². The monoisotopic (exact) mass is 283 g/mol. The van der Waals surface area contributed by atoms with Crippen LogP contribution in [0.1, 0.15) is 24.1 Å². The van der Waals surface area contributed by atoms with Crippen LogP contribution in [0.3, 0.4) is 0 Å². The van der Waals surface area contributed by atoms with Crippen molar-refractivity contribution in [3.8, 4) is 0 Å². The zero-order valence-electron chi connectivity index (χ0n) is 10.7. The Labute approximate surface area is 114 Å². The van der Waals surface area contributed by atoms with Crippen LogP contribution in [0.25, 0.3) is 0 Å². The van der Waals surface area contributed by atoms with Gasteiger partial charge in [0, 0.05) is 11.7 Å². The van der Waals surface area contributed by atoms with E-state index in [1.165, 1.54) is 18.2 Å². The summed E-state index contributed by atoms with van der Waals surface area (Å²) in [7, 11) is 0. The maximum Gasteiger partial charge on any atom is 0.416 e. The maximum absolute atomic E-state index is 12.8. The average Bonchev–Trinajstić information content (AvgIpc) is 2.38. The first-order valence-corrected chi connectivity index (χ1v) is 6.05. The van der Waals surface area contributed by atoms with E-state index < -0.39 is 11.7 Å². The van der Waals surface area contributed by atoms with Crippen molar-refractivity contribution in [3.05, 3.63) is 65.5 Å². The minimum atomic E-state index is -4.36. The second-order valence-electron chi connectivity index (χ2n) is 4.50. The Bertz CT molecular complexity index is 575. The number of alkyl halides is 3. The van der Waals surface area contributed by atoms with Crippen molar-refractivity contribution < 1.29 is 17.6 Å². The Morgan fingerprint density at radius 3 is 2.25 bits per heavy atom. The SMILES string of the molecule is CC(Nc1cccc(C(F)(F)F)c1)c1ccc(F)cc1. The Morgan fingerprint density at radius 2 is 1.65 bits per heavy atom. The summed E-state index contributed by atoms with van der Waals surface area (Å²) in [6.07, 6.45) is -4.36. The molecule has 0 saturated carbocycles. The summed E-state index contributed by atoms with van der Waals surface area (Å²) in [5.41, 5.74) is 0.467. The number of nitrogens with one attached hydrogen (secondary N) is 1. The van der Waals surface area contributed by atoms with Gasteiger partial charge in [-0.25, -0.2) is 4.39 Å². The molecule has 1 N–H and O–H groups in total. The number of rotatable bonds is 3. The van der Waals surface area contributed by atoms with Gasteiger partial charge in [0.25, 0.3) is 0 Å².